The van der Waals surface area contributed by atoms with Crippen LogP contribution in [-0.4, -0.2) is 17.6 Å². The molecule has 0 aromatic heterocycles. The molecule has 0 unspecified atom stereocenters. The molecule has 0 saturated carbocycles. The van der Waals surface area contributed by atoms with E-state index in [4.69, 9.17) is 16.3 Å². The fourth-order valence-electron chi connectivity index (χ4n) is 1.78. The van der Waals surface area contributed by atoms with E-state index in [0.717, 1.165) is 11.3 Å². The molecule has 0 spiro atoms. The molecule has 0 fully saturated rings. The Kier molecular flexibility index (Phi) is 5.06. The number of anilines is 1. The van der Waals surface area contributed by atoms with E-state index in [2.05, 4.69) is 5.32 Å². The zero-order chi connectivity index (χ0) is 15.2. The number of halogens is 1. The van der Waals surface area contributed by atoms with Crippen LogP contribution in [-0.2, 0) is 4.79 Å². The Hall–Kier alpha value is -2.20. The predicted octanol–water partition coefficient (Wildman–Crippen LogP) is 3.76. The summed E-state index contributed by atoms with van der Waals surface area (Å²) in [6.45, 7) is 2.27. The number of phenols is 1. The fraction of sp³-hybridized carbons (Fsp3) is 0.188. The highest BCUT2D eigenvalue weighted by molar-refractivity contribution is 6.32. The molecule has 0 saturated heterocycles. The number of aromatic hydroxyl groups is 1. The van der Waals surface area contributed by atoms with E-state index >= 15 is 0 Å². The summed E-state index contributed by atoms with van der Waals surface area (Å²) in [4.78, 5) is 11.8. The summed E-state index contributed by atoms with van der Waals surface area (Å²) >= 11 is 5.70. The van der Waals surface area contributed by atoms with Crippen molar-refractivity contribution in [3.8, 4) is 11.5 Å². The molecule has 0 aliphatic heterocycles. The summed E-state index contributed by atoms with van der Waals surface area (Å²) in [5.41, 5.74) is 1.60. The second kappa shape index (κ2) is 6.99. The van der Waals surface area contributed by atoms with Gasteiger partial charge in [-0.05, 0) is 36.8 Å². The van der Waals surface area contributed by atoms with Crippen LogP contribution in [0.15, 0.2) is 42.5 Å². The van der Waals surface area contributed by atoms with Crippen LogP contribution < -0.4 is 10.1 Å². The van der Waals surface area contributed by atoms with Gasteiger partial charge in [0.05, 0.1) is 18.1 Å². The van der Waals surface area contributed by atoms with E-state index in [1.54, 1.807) is 6.07 Å². The average Bonchev–Trinajstić information content (AvgIpc) is 2.43. The Morgan fingerprint density at radius 2 is 2.10 bits per heavy atom. The minimum Gasteiger partial charge on any atom is -0.506 e. The monoisotopic (exact) mass is 305 g/mol. The molecule has 4 nitrogen and oxygen atoms in total. The van der Waals surface area contributed by atoms with Crippen molar-refractivity contribution in [1.82, 2.24) is 0 Å². The molecule has 1 amide bonds. The van der Waals surface area contributed by atoms with Gasteiger partial charge in [-0.2, -0.15) is 0 Å². The number of benzene rings is 2. The van der Waals surface area contributed by atoms with Crippen molar-refractivity contribution in [1.29, 1.82) is 0 Å². The Bertz CT molecular complexity index is 643. The van der Waals surface area contributed by atoms with Gasteiger partial charge in [-0.15, -0.1) is 0 Å². The van der Waals surface area contributed by atoms with Gasteiger partial charge in [-0.25, -0.2) is 0 Å². The average molecular weight is 306 g/mol. The van der Waals surface area contributed by atoms with Gasteiger partial charge in [0, 0.05) is 11.8 Å². The molecule has 2 aromatic rings. The van der Waals surface area contributed by atoms with Crippen LogP contribution in [0.4, 0.5) is 5.69 Å². The van der Waals surface area contributed by atoms with Crippen molar-refractivity contribution in [3.05, 3.63) is 53.1 Å². The Balaban J connectivity index is 1.81. The molecule has 2 aromatic carbocycles. The van der Waals surface area contributed by atoms with Crippen LogP contribution in [0.5, 0.6) is 11.5 Å². The van der Waals surface area contributed by atoms with E-state index in [-0.39, 0.29) is 29.7 Å². The van der Waals surface area contributed by atoms with E-state index in [1.165, 1.54) is 12.1 Å². The maximum atomic E-state index is 11.8. The molecule has 0 radical (unpaired) electrons. The molecule has 5 heteroatoms. The summed E-state index contributed by atoms with van der Waals surface area (Å²) in [6, 6.07) is 12.2. The SMILES string of the molecule is Cc1cccc(OCCC(=O)Nc2ccc(Cl)c(O)c2)c1. The second-order valence-electron chi connectivity index (χ2n) is 4.63. The second-order valence-corrected chi connectivity index (χ2v) is 5.04. The minimum atomic E-state index is -0.190. The van der Waals surface area contributed by atoms with Gasteiger partial charge in [0.25, 0.3) is 0 Å². The quantitative estimate of drug-likeness (QED) is 0.884. The summed E-state index contributed by atoms with van der Waals surface area (Å²) in [5, 5.41) is 12.4. The molecule has 2 rings (SSSR count). The van der Waals surface area contributed by atoms with Gasteiger partial charge in [0.15, 0.2) is 0 Å². The summed E-state index contributed by atoms with van der Waals surface area (Å²) in [6.07, 6.45) is 0.220. The highest BCUT2D eigenvalue weighted by Crippen LogP contribution is 2.26. The molecular formula is C16H16ClNO3. The van der Waals surface area contributed by atoms with Gasteiger partial charge in [-0.1, -0.05) is 23.7 Å². The van der Waals surface area contributed by atoms with Crippen molar-refractivity contribution >= 4 is 23.2 Å². The lowest BCUT2D eigenvalue weighted by atomic mass is 10.2. The fourth-order valence-corrected chi connectivity index (χ4v) is 1.90. The first-order valence-corrected chi connectivity index (χ1v) is 6.90. The Labute approximate surface area is 128 Å². The lowest BCUT2D eigenvalue weighted by Gasteiger charge is -2.08. The number of ether oxygens (including phenoxy) is 1. The molecule has 2 N–H and O–H groups in total. The van der Waals surface area contributed by atoms with E-state index in [1.807, 2.05) is 31.2 Å². The number of hydrogen-bond donors (Lipinski definition) is 2. The van der Waals surface area contributed by atoms with Crippen molar-refractivity contribution in [3.63, 3.8) is 0 Å². The van der Waals surface area contributed by atoms with Crippen LogP contribution in [0.25, 0.3) is 0 Å². The van der Waals surface area contributed by atoms with Crippen molar-refractivity contribution in [2.24, 2.45) is 0 Å². The highest BCUT2D eigenvalue weighted by atomic mass is 35.5. The van der Waals surface area contributed by atoms with Crippen LogP contribution >= 0.6 is 11.6 Å². The molecule has 110 valence electrons. The van der Waals surface area contributed by atoms with Crippen molar-refractivity contribution < 1.29 is 14.6 Å². The van der Waals surface area contributed by atoms with E-state index < -0.39 is 0 Å². The van der Waals surface area contributed by atoms with Gasteiger partial charge in [0.1, 0.15) is 11.5 Å². The molecule has 0 bridgehead atoms. The summed E-state index contributed by atoms with van der Waals surface area (Å²) < 4.78 is 5.51. The zero-order valence-electron chi connectivity index (χ0n) is 11.6. The van der Waals surface area contributed by atoms with Crippen LogP contribution in [0.1, 0.15) is 12.0 Å². The molecule has 21 heavy (non-hydrogen) atoms. The summed E-state index contributed by atoms with van der Waals surface area (Å²) in [5.74, 6) is 0.488. The van der Waals surface area contributed by atoms with Crippen molar-refractivity contribution in [2.45, 2.75) is 13.3 Å². The number of carbonyl (C=O) groups excluding carboxylic acids is 1. The number of carbonyl (C=O) groups is 1. The number of aryl methyl sites for hydroxylation is 1. The third-order valence-corrected chi connectivity index (χ3v) is 3.14. The summed E-state index contributed by atoms with van der Waals surface area (Å²) in [7, 11) is 0. The predicted molar refractivity (Wildman–Crippen MR) is 83.0 cm³/mol. The van der Waals surface area contributed by atoms with Crippen LogP contribution in [0, 0.1) is 6.92 Å². The molecule has 0 heterocycles. The first kappa shape index (κ1) is 15.2. The number of amides is 1. The highest BCUT2D eigenvalue weighted by Gasteiger charge is 2.05. The maximum Gasteiger partial charge on any atom is 0.227 e. The minimum absolute atomic E-state index is 0.0644. The largest absolute Gasteiger partial charge is 0.506 e. The number of hydrogen-bond acceptors (Lipinski definition) is 3. The van der Waals surface area contributed by atoms with Gasteiger partial charge >= 0.3 is 0 Å². The standard InChI is InChI=1S/C16H16ClNO3/c1-11-3-2-4-13(9-11)21-8-7-16(20)18-12-5-6-14(17)15(19)10-12/h2-6,9-10,19H,7-8H2,1H3,(H,18,20). The molecule has 0 atom stereocenters. The lowest BCUT2D eigenvalue weighted by Crippen LogP contribution is -2.15. The zero-order valence-corrected chi connectivity index (χ0v) is 12.4. The van der Waals surface area contributed by atoms with Crippen molar-refractivity contribution in [2.75, 3.05) is 11.9 Å². The maximum absolute atomic E-state index is 11.8. The first-order valence-electron chi connectivity index (χ1n) is 6.52. The van der Waals surface area contributed by atoms with E-state index in [0.29, 0.717) is 5.69 Å². The third kappa shape index (κ3) is 4.68. The van der Waals surface area contributed by atoms with Crippen LogP contribution in [0.3, 0.4) is 0 Å². The van der Waals surface area contributed by atoms with Gasteiger partial charge < -0.3 is 15.2 Å². The smallest absolute Gasteiger partial charge is 0.227 e. The van der Waals surface area contributed by atoms with Gasteiger partial charge in [0.2, 0.25) is 5.91 Å². The lowest BCUT2D eigenvalue weighted by molar-refractivity contribution is -0.116. The molecular weight excluding hydrogens is 290 g/mol. The number of phenolic OH excluding ortho intramolecular Hbond substituents is 1. The van der Waals surface area contributed by atoms with E-state index in [9.17, 15) is 9.90 Å². The Morgan fingerprint density at radius 1 is 1.29 bits per heavy atom. The molecule has 0 aliphatic carbocycles. The van der Waals surface area contributed by atoms with Crippen LogP contribution in [0.2, 0.25) is 5.02 Å². The normalized spacial score (nSPS) is 10.2. The Morgan fingerprint density at radius 3 is 2.81 bits per heavy atom. The number of rotatable bonds is 5. The molecule has 0 aliphatic rings. The third-order valence-electron chi connectivity index (χ3n) is 2.82. The number of nitrogens with one attached hydrogen (secondary N) is 1. The first-order chi connectivity index (χ1) is 10.0. The van der Waals surface area contributed by atoms with Gasteiger partial charge in [-0.3, -0.25) is 4.79 Å². The topological polar surface area (TPSA) is 58.6 Å².